The molecule has 1 saturated heterocycles. The van der Waals surface area contributed by atoms with Crippen molar-refractivity contribution in [2.45, 2.75) is 12.6 Å². The topological polar surface area (TPSA) is 102 Å². The average molecular weight is 500 g/mol. The number of amides is 1. The summed E-state index contributed by atoms with van der Waals surface area (Å²) in [6.07, 6.45) is 6.30. The maximum absolute atomic E-state index is 13.2. The highest BCUT2D eigenvalue weighted by Crippen LogP contribution is 2.47. The van der Waals surface area contributed by atoms with Gasteiger partial charge in [-0.25, -0.2) is 0 Å². The quantitative estimate of drug-likeness (QED) is 0.304. The van der Waals surface area contributed by atoms with Crippen LogP contribution in [0.25, 0.3) is 5.76 Å². The second-order valence-corrected chi connectivity index (χ2v) is 8.14. The van der Waals surface area contributed by atoms with Crippen molar-refractivity contribution in [2.75, 3.05) is 14.2 Å². The number of likely N-dealkylation sites (tertiary alicyclic amines) is 1. The van der Waals surface area contributed by atoms with Crippen molar-refractivity contribution in [2.24, 2.45) is 0 Å². The van der Waals surface area contributed by atoms with Crippen LogP contribution in [0.5, 0.6) is 11.5 Å². The van der Waals surface area contributed by atoms with Crippen molar-refractivity contribution in [3.8, 4) is 11.5 Å². The van der Waals surface area contributed by atoms with Crippen LogP contribution in [0.2, 0.25) is 10.0 Å². The van der Waals surface area contributed by atoms with E-state index >= 15 is 0 Å². The van der Waals surface area contributed by atoms with Gasteiger partial charge in [0.1, 0.15) is 10.8 Å². The molecule has 0 spiro atoms. The van der Waals surface area contributed by atoms with E-state index in [2.05, 4.69) is 9.97 Å². The Balaban J connectivity index is 1.93. The molecule has 10 heteroatoms. The van der Waals surface area contributed by atoms with Gasteiger partial charge in [-0.05, 0) is 35.4 Å². The molecule has 0 bridgehead atoms. The van der Waals surface area contributed by atoms with Gasteiger partial charge in [-0.15, -0.1) is 0 Å². The van der Waals surface area contributed by atoms with Crippen LogP contribution in [-0.4, -0.2) is 45.9 Å². The normalized spacial score (nSPS) is 17.2. The van der Waals surface area contributed by atoms with Gasteiger partial charge in [0.15, 0.2) is 11.5 Å². The predicted octanol–water partition coefficient (Wildman–Crippen LogP) is 4.42. The largest absolute Gasteiger partial charge is 0.507 e. The summed E-state index contributed by atoms with van der Waals surface area (Å²) in [5, 5.41) is 11.5. The van der Waals surface area contributed by atoms with Gasteiger partial charge in [-0.1, -0.05) is 29.3 Å². The number of nitrogens with zero attached hydrogens (tertiary/aromatic N) is 3. The minimum Gasteiger partial charge on any atom is -0.507 e. The molecule has 1 aliphatic heterocycles. The molecule has 1 aliphatic rings. The van der Waals surface area contributed by atoms with Gasteiger partial charge in [-0.2, -0.15) is 0 Å². The Kier molecular flexibility index (Phi) is 6.72. The number of hydrogen-bond acceptors (Lipinski definition) is 7. The lowest BCUT2D eigenvalue weighted by Gasteiger charge is -2.25. The predicted molar refractivity (Wildman–Crippen MR) is 126 cm³/mol. The summed E-state index contributed by atoms with van der Waals surface area (Å²) in [4.78, 5) is 35.8. The first-order chi connectivity index (χ1) is 16.4. The van der Waals surface area contributed by atoms with Gasteiger partial charge in [0.05, 0.1) is 36.4 Å². The second-order valence-electron chi connectivity index (χ2n) is 7.36. The van der Waals surface area contributed by atoms with Crippen LogP contribution in [0.4, 0.5) is 0 Å². The number of ketones is 1. The Labute approximate surface area is 205 Å². The summed E-state index contributed by atoms with van der Waals surface area (Å²) >= 11 is 12.7. The zero-order valence-electron chi connectivity index (χ0n) is 18.2. The SMILES string of the molecule is COc1c(Cl)cc(/C(O)=C2\C(=O)C(=O)N(Cc3cccnc3)C2c2ccncc2)c(OC)c1Cl. The van der Waals surface area contributed by atoms with Gasteiger partial charge >= 0.3 is 0 Å². The van der Waals surface area contributed by atoms with Crippen molar-refractivity contribution >= 4 is 40.7 Å². The molecular weight excluding hydrogens is 481 g/mol. The Morgan fingerprint density at radius 1 is 1.06 bits per heavy atom. The molecule has 1 atom stereocenters. The van der Waals surface area contributed by atoms with Crippen LogP contribution in [0.15, 0.2) is 60.7 Å². The number of ether oxygens (including phenoxy) is 2. The Hall–Kier alpha value is -3.62. The Morgan fingerprint density at radius 2 is 1.76 bits per heavy atom. The number of hydrogen-bond donors (Lipinski definition) is 1. The highest BCUT2D eigenvalue weighted by Gasteiger charge is 2.46. The first-order valence-corrected chi connectivity index (χ1v) is 10.8. The number of benzene rings is 1. The molecular formula is C24H19Cl2N3O5. The fourth-order valence-corrected chi connectivity index (χ4v) is 4.60. The standard InChI is InChI=1S/C24H19Cl2N3O5/c1-33-22-15(10-16(25)23(34-2)18(22)26)20(30)17-19(14-5-8-27-9-6-14)29(24(32)21(17)31)12-13-4-3-7-28-11-13/h3-11,19,30H,12H2,1-2H3/b20-17+. The molecule has 0 aliphatic carbocycles. The van der Waals surface area contributed by atoms with Crippen LogP contribution < -0.4 is 9.47 Å². The van der Waals surface area contributed by atoms with Crippen molar-refractivity contribution < 1.29 is 24.2 Å². The maximum atomic E-state index is 13.2. The van der Waals surface area contributed by atoms with E-state index in [-0.39, 0.29) is 39.2 Å². The van der Waals surface area contributed by atoms with E-state index in [0.29, 0.717) is 5.56 Å². The molecule has 3 aromatic rings. The minimum atomic E-state index is -0.896. The molecule has 0 radical (unpaired) electrons. The lowest BCUT2D eigenvalue weighted by atomic mass is 9.95. The molecule has 1 aromatic carbocycles. The molecule has 4 rings (SSSR count). The molecule has 0 saturated carbocycles. The number of rotatable bonds is 6. The maximum Gasteiger partial charge on any atom is 0.295 e. The number of halogens is 2. The van der Waals surface area contributed by atoms with E-state index in [4.69, 9.17) is 32.7 Å². The van der Waals surface area contributed by atoms with E-state index in [0.717, 1.165) is 5.56 Å². The Bertz CT molecular complexity index is 1280. The van der Waals surface area contributed by atoms with E-state index in [1.807, 2.05) is 0 Å². The summed E-state index contributed by atoms with van der Waals surface area (Å²) in [5.74, 6) is -1.89. The van der Waals surface area contributed by atoms with Gasteiger partial charge in [-0.3, -0.25) is 19.6 Å². The number of aromatic nitrogens is 2. The monoisotopic (exact) mass is 499 g/mol. The number of methoxy groups -OCH3 is 2. The molecule has 1 fully saturated rings. The van der Waals surface area contributed by atoms with E-state index in [1.165, 1.54) is 25.2 Å². The van der Waals surface area contributed by atoms with Crippen LogP contribution in [0, 0.1) is 0 Å². The zero-order chi connectivity index (χ0) is 24.4. The van der Waals surface area contributed by atoms with Gasteiger partial charge < -0.3 is 19.5 Å². The first-order valence-electron chi connectivity index (χ1n) is 10.1. The minimum absolute atomic E-state index is 0.0177. The summed E-state index contributed by atoms with van der Waals surface area (Å²) in [5.41, 5.74) is 1.23. The zero-order valence-corrected chi connectivity index (χ0v) is 19.7. The molecule has 174 valence electrons. The molecule has 1 unspecified atom stereocenters. The van der Waals surface area contributed by atoms with Crippen LogP contribution in [0.1, 0.15) is 22.7 Å². The summed E-state index contributed by atoms with van der Waals surface area (Å²) in [6, 6.07) is 7.35. The molecule has 8 nitrogen and oxygen atoms in total. The fourth-order valence-electron chi connectivity index (χ4n) is 3.92. The van der Waals surface area contributed by atoms with Crippen molar-refractivity contribution in [3.05, 3.63) is 87.4 Å². The number of Topliss-reactive ketones (excluding diaryl/α,β-unsaturated/α-hetero) is 1. The third-order valence-electron chi connectivity index (χ3n) is 5.43. The van der Waals surface area contributed by atoms with Crippen LogP contribution in [0.3, 0.4) is 0 Å². The van der Waals surface area contributed by atoms with Gasteiger partial charge in [0.25, 0.3) is 11.7 Å². The van der Waals surface area contributed by atoms with E-state index < -0.39 is 23.5 Å². The highest BCUT2D eigenvalue weighted by molar-refractivity contribution is 6.47. The average Bonchev–Trinajstić information content (AvgIpc) is 3.09. The molecule has 34 heavy (non-hydrogen) atoms. The van der Waals surface area contributed by atoms with Gasteiger partial charge in [0, 0.05) is 31.3 Å². The van der Waals surface area contributed by atoms with Crippen LogP contribution >= 0.6 is 23.2 Å². The molecule has 1 amide bonds. The summed E-state index contributed by atoms with van der Waals surface area (Å²) in [7, 11) is 2.74. The Morgan fingerprint density at radius 3 is 2.38 bits per heavy atom. The number of aliphatic hydroxyl groups is 1. The molecule has 2 aromatic heterocycles. The van der Waals surface area contributed by atoms with Crippen LogP contribution in [-0.2, 0) is 16.1 Å². The lowest BCUT2D eigenvalue weighted by Crippen LogP contribution is -2.29. The van der Waals surface area contributed by atoms with Crippen molar-refractivity contribution in [1.29, 1.82) is 0 Å². The number of carbonyl (C=O) groups excluding carboxylic acids is 2. The second kappa shape index (κ2) is 9.70. The fraction of sp³-hybridized carbons (Fsp3) is 0.167. The summed E-state index contributed by atoms with van der Waals surface area (Å²) in [6.45, 7) is 0.101. The smallest absolute Gasteiger partial charge is 0.295 e. The molecule has 1 N–H and O–H groups in total. The van der Waals surface area contributed by atoms with Crippen molar-refractivity contribution in [1.82, 2.24) is 14.9 Å². The van der Waals surface area contributed by atoms with E-state index in [1.54, 1.807) is 49.1 Å². The number of pyridine rings is 2. The van der Waals surface area contributed by atoms with E-state index in [9.17, 15) is 14.7 Å². The molecule has 3 heterocycles. The lowest BCUT2D eigenvalue weighted by molar-refractivity contribution is -0.140. The number of carbonyl (C=O) groups is 2. The number of aliphatic hydroxyl groups excluding tert-OH is 1. The summed E-state index contributed by atoms with van der Waals surface area (Å²) < 4.78 is 10.6. The third kappa shape index (κ3) is 4.06. The van der Waals surface area contributed by atoms with Gasteiger partial charge in [0.2, 0.25) is 0 Å². The highest BCUT2D eigenvalue weighted by atomic mass is 35.5. The van der Waals surface area contributed by atoms with Crippen molar-refractivity contribution in [3.63, 3.8) is 0 Å². The first kappa shape index (κ1) is 23.5. The third-order valence-corrected chi connectivity index (χ3v) is 6.06.